The molecule has 0 spiro atoms. The molecule has 0 bridgehead atoms. The maximum atomic E-state index is 6.23. The van der Waals surface area contributed by atoms with Crippen LogP contribution in [0.4, 0.5) is 0 Å². The van der Waals surface area contributed by atoms with E-state index in [1.54, 1.807) is 23.7 Å². The fraction of sp³-hybridized carbons (Fsp3) is 0.333. The van der Waals surface area contributed by atoms with E-state index in [4.69, 9.17) is 5.73 Å². The zero-order valence-corrected chi connectivity index (χ0v) is 10.2. The van der Waals surface area contributed by atoms with Gasteiger partial charge in [0.1, 0.15) is 0 Å². The largest absolute Gasteiger partial charge is 0.323 e. The standard InChI is InChI=1S/C12H15N3S/c1-8(10-3-5-14-6-4-10)12(13)11-7-15-9(2)16-11/h3-8,12H,13H2,1-2H3. The van der Waals surface area contributed by atoms with Crippen molar-refractivity contribution in [2.24, 2.45) is 5.73 Å². The van der Waals surface area contributed by atoms with E-state index in [0.29, 0.717) is 0 Å². The van der Waals surface area contributed by atoms with Crippen LogP contribution in [0.5, 0.6) is 0 Å². The number of hydrogen-bond donors (Lipinski definition) is 1. The molecule has 0 radical (unpaired) electrons. The summed E-state index contributed by atoms with van der Waals surface area (Å²) in [6.45, 7) is 4.13. The third-order valence-corrected chi connectivity index (χ3v) is 3.75. The summed E-state index contributed by atoms with van der Waals surface area (Å²) in [6, 6.07) is 4.03. The van der Waals surface area contributed by atoms with Crippen molar-refractivity contribution in [3.63, 3.8) is 0 Å². The predicted octanol–water partition coefficient (Wildman–Crippen LogP) is 2.65. The van der Waals surface area contributed by atoms with Crippen LogP contribution >= 0.6 is 11.3 Å². The molecule has 2 heterocycles. The number of pyridine rings is 1. The van der Waals surface area contributed by atoms with Crippen LogP contribution in [0.2, 0.25) is 0 Å². The van der Waals surface area contributed by atoms with Crippen LogP contribution in [0.25, 0.3) is 0 Å². The highest BCUT2D eigenvalue weighted by Gasteiger charge is 2.18. The van der Waals surface area contributed by atoms with Gasteiger partial charge in [0.25, 0.3) is 0 Å². The molecule has 0 aliphatic rings. The van der Waals surface area contributed by atoms with Crippen molar-refractivity contribution < 1.29 is 0 Å². The van der Waals surface area contributed by atoms with Crippen LogP contribution in [0, 0.1) is 6.92 Å². The molecule has 84 valence electrons. The summed E-state index contributed by atoms with van der Waals surface area (Å²) >= 11 is 1.67. The van der Waals surface area contributed by atoms with Gasteiger partial charge in [-0.25, -0.2) is 4.98 Å². The number of rotatable bonds is 3. The average molecular weight is 233 g/mol. The van der Waals surface area contributed by atoms with Gasteiger partial charge in [0.15, 0.2) is 0 Å². The van der Waals surface area contributed by atoms with Crippen molar-refractivity contribution in [1.29, 1.82) is 0 Å². The lowest BCUT2D eigenvalue weighted by Crippen LogP contribution is -2.16. The summed E-state index contributed by atoms with van der Waals surface area (Å²) in [7, 11) is 0. The molecule has 0 saturated heterocycles. The van der Waals surface area contributed by atoms with Crippen molar-refractivity contribution >= 4 is 11.3 Å². The molecule has 4 heteroatoms. The molecule has 2 rings (SSSR count). The Morgan fingerprint density at radius 3 is 2.56 bits per heavy atom. The molecule has 0 aliphatic heterocycles. The molecule has 0 aromatic carbocycles. The molecule has 0 amide bonds. The average Bonchev–Trinajstić information content (AvgIpc) is 2.75. The van der Waals surface area contributed by atoms with Gasteiger partial charge in [0, 0.05) is 35.4 Å². The first-order valence-corrected chi connectivity index (χ1v) is 6.08. The second-order valence-electron chi connectivity index (χ2n) is 3.88. The number of nitrogens with zero attached hydrogens (tertiary/aromatic N) is 2. The zero-order chi connectivity index (χ0) is 11.5. The highest BCUT2D eigenvalue weighted by Crippen LogP contribution is 2.30. The SMILES string of the molecule is Cc1ncc(C(N)C(C)c2ccncc2)s1. The van der Waals surface area contributed by atoms with Crippen molar-refractivity contribution in [1.82, 2.24) is 9.97 Å². The maximum absolute atomic E-state index is 6.23. The minimum Gasteiger partial charge on any atom is -0.323 e. The summed E-state index contributed by atoms with van der Waals surface area (Å²) < 4.78 is 0. The highest BCUT2D eigenvalue weighted by atomic mass is 32.1. The lowest BCUT2D eigenvalue weighted by atomic mass is 9.94. The lowest BCUT2D eigenvalue weighted by molar-refractivity contribution is 0.606. The van der Waals surface area contributed by atoms with Crippen molar-refractivity contribution in [2.45, 2.75) is 25.8 Å². The Balaban J connectivity index is 2.19. The minimum absolute atomic E-state index is 0.00796. The van der Waals surface area contributed by atoms with E-state index in [9.17, 15) is 0 Å². The summed E-state index contributed by atoms with van der Waals surface area (Å²) in [5, 5.41) is 1.06. The number of hydrogen-bond acceptors (Lipinski definition) is 4. The van der Waals surface area contributed by atoms with Crippen LogP contribution in [-0.4, -0.2) is 9.97 Å². The third-order valence-electron chi connectivity index (χ3n) is 2.74. The van der Waals surface area contributed by atoms with E-state index in [0.717, 1.165) is 9.88 Å². The Kier molecular flexibility index (Phi) is 3.31. The Labute approximate surface area is 99.4 Å². The number of aromatic nitrogens is 2. The van der Waals surface area contributed by atoms with Gasteiger partial charge < -0.3 is 5.73 Å². The van der Waals surface area contributed by atoms with Crippen LogP contribution in [0.1, 0.15) is 34.3 Å². The molecular formula is C12H15N3S. The van der Waals surface area contributed by atoms with Gasteiger partial charge in [0.05, 0.1) is 5.01 Å². The predicted molar refractivity (Wildman–Crippen MR) is 66.4 cm³/mol. The van der Waals surface area contributed by atoms with Crippen molar-refractivity contribution in [2.75, 3.05) is 0 Å². The molecule has 2 N–H and O–H groups in total. The van der Waals surface area contributed by atoms with E-state index < -0.39 is 0 Å². The van der Waals surface area contributed by atoms with E-state index in [1.165, 1.54) is 5.56 Å². The molecule has 0 fully saturated rings. The Hall–Kier alpha value is -1.26. The molecular weight excluding hydrogens is 218 g/mol. The number of aryl methyl sites for hydroxylation is 1. The van der Waals surface area contributed by atoms with E-state index in [1.807, 2.05) is 25.3 Å². The van der Waals surface area contributed by atoms with Gasteiger partial charge in [0.2, 0.25) is 0 Å². The fourth-order valence-electron chi connectivity index (χ4n) is 1.65. The normalized spacial score (nSPS) is 14.7. The first kappa shape index (κ1) is 11.2. The molecule has 2 unspecified atom stereocenters. The van der Waals surface area contributed by atoms with Crippen LogP contribution < -0.4 is 5.73 Å². The van der Waals surface area contributed by atoms with Gasteiger partial charge in [-0.05, 0) is 24.6 Å². The second-order valence-corrected chi connectivity index (χ2v) is 5.14. The quantitative estimate of drug-likeness (QED) is 0.886. The Bertz CT molecular complexity index is 452. The Morgan fingerprint density at radius 1 is 1.31 bits per heavy atom. The fourth-order valence-corrected chi connectivity index (χ4v) is 2.54. The first-order valence-electron chi connectivity index (χ1n) is 5.26. The highest BCUT2D eigenvalue weighted by molar-refractivity contribution is 7.11. The van der Waals surface area contributed by atoms with Crippen LogP contribution in [0.15, 0.2) is 30.7 Å². The van der Waals surface area contributed by atoms with E-state index in [2.05, 4.69) is 16.9 Å². The van der Waals surface area contributed by atoms with Crippen molar-refractivity contribution in [3.8, 4) is 0 Å². The van der Waals surface area contributed by atoms with Crippen LogP contribution in [-0.2, 0) is 0 Å². The first-order chi connectivity index (χ1) is 7.68. The third kappa shape index (κ3) is 2.28. The maximum Gasteiger partial charge on any atom is 0.0897 e. The molecule has 0 aliphatic carbocycles. The minimum atomic E-state index is 0.00796. The molecule has 2 aromatic heterocycles. The van der Waals surface area contributed by atoms with Crippen LogP contribution in [0.3, 0.4) is 0 Å². The topological polar surface area (TPSA) is 51.8 Å². The zero-order valence-electron chi connectivity index (χ0n) is 9.42. The van der Waals surface area contributed by atoms with E-state index >= 15 is 0 Å². The van der Waals surface area contributed by atoms with E-state index in [-0.39, 0.29) is 12.0 Å². The summed E-state index contributed by atoms with van der Waals surface area (Å²) in [5.41, 5.74) is 7.45. The lowest BCUT2D eigenvalue weighted by Gasteiger charge is -2.18. The summed E-state index contributed by atoms with van der Waals surface area (Å²) in [6.07, 6.45) is 5.48. The van der Waals surface area contributed by atoms with Gasteiger partial charge in [-0.1, -0.05) is 6.92 Å². The van der Waals surface area contributed by atoms with Gasteiger partial charge >= 0.3 is 0 Å². The van der Waals surface area contributed by atoms with Crippen molar-refractivity contribution in [3.05, 3.63) is 46.2 Å². The number of nitrogens with two attached hydrogens (primary N) is 1. The molecule has 16 heavy (non-hydrogen) atoms. The van der Waals surface area contributed by atoms with Gasteiger partial charge in [-0.3, -0.25) is 4.98 Å². The molecule has 2 aromatic rings. The monoisotopic (exact) mass is 233 g/mol. The molecule has 2 atom stereocenters. The summed E-state index contributed by atoms with van der Waals surface area (Å²) in [5.74, 6) is 0.280. The molecule has 0 saturated carbocycles. The second kappa shape index (κ2) is 4.72. The smallest absolute Gasteiger partial charge is 0.0897 e. The summed E-state index contributed by atoms with van der Waals surface area (Å²) in [4.78, 5) is 9.39. The molecule has 3 nitrogen and oxygen atoms in total. The number of thiazole rings is 1. The van der Waals surface area contributed by atoms with Gasteiger partial charge in [-0.15, -0.1) is 11.3 Å². The van der Waals surface area contributed by atoms with Gasteiger partial charge in [-0.2, -0.15) is 0 Å². The Morgan fingerprint density at radius 2 is 2.00 bits per heavy atom.